The number of benzene rings is 3. The normalized spacial score (nSPS) is 28.3. The Labute approximate surface area is 304 Å². The molecule has 5 rings (SSSR count). The molecule has 0 aliphatic carbocycles. The minimum Gasteiger partial charge on any atom is -0.489 e. The van der Waals surface area contributed by atoms with E-state index >= 15 is 0 Å². The van der Waals surface area contributed by atoms with Gasteiger partial charge in [0.05, 0.1) is 43.0 Å². The molecule has 0 unspecified atom stereocenters. The van der Waals surface area contributed by atoms with Gasteiger partial charge >= 0.3 is 12.7 Å². The van der Waals surface area contributed by atoms with Gasteiger partial charge in [-0.2, -0.15) is 13.1 Å². The summed E-state index contributed by atoms with van der Waals surface area (Å²) in [7, 11) is -5.61. The van der Waals surface area contributed by atoms with Crippen LogP contribution in [0.15, 0.2) is 83.8 Å². The number of amides is 1. The van der Waals surface area contributed by atoms with E-state index in [0.29, 0.717) is 24.3 Å². The van der Waals surface area contributed by atoms with Crippen molar-refractivity contribution in [2.45, 2.75) is 69.1 Å². The summed E-state index contributed by atoms with van der Waals surface area (Å²) in [6.45, 7) is -22.8. The molecule has 2 aliphatic heterocycles. The Morgan fingerprint density at radius 1 is 1.10 bits per heavy atom. The van der Waals surface area contributed by atoms with Crippen molar-refractivity contribution in [3.05, 3.63) is 90.0 Å². The lowest BCUT2D eigenvalue weighted by molar-refractivity contribution is -0.0907. The number of fused-ring (bicyclic) bond motifs is 1. The van der Waals surface area contributed by atoms with Gasteiger partial charge in [-0.1, -0.05) is 56.2 Å². The van der Waals surface area contributed by atoms with Crippen LogP contribution in [0.4, 0.5) is 13.6 Å². The summed E-state index contributed by atoms with van der Waals surface area (Å²) in [6, 6.07) is 13.9. The molecule has 0 bridgehead atoms. The molecule has 5 atom stereocenters. The number of carbonyl (C=O) groups is 1. The molecule has 0 spiro atoms. The molecule has 14 heteroatoms. The predicted octanol–water partition coefficient (Wildman–Crippen LogP) is 4.97. The number of nitrogens with one attached hydrogen (secondary N) is 1. The summed E-state index contributed by atoms with van der Waals surface area (Å²) in [6.07, 6.45) is -8.60. The fourth-order valence-corrected chi connectivity index (χ4v) is 6.20. The molecule has 1 amide bonds. The van der Waals surface area contributed by atoms with E-state index in [1.165, 1.54) is 36.4 Å². The monoisotopic (exact) mass is 718 g/mol. The van der Waals surface area contributed by atoms with E-state index in [2.05, 4.69) is 10.1 Å². The number of sulfonamides is 1. The Hall–Kier alpha value is -3.82. The zero-order valence-electron chi connectivity index (χ0n) is 39.5. The number of alkyl halides is 2. The summed E-state index contributed by atoms with van der Waals surface area (Å²) in [5.74, 6) is -6.04. The molecule has 3 aromatic rings. The molecule has 2 fully saturated rings. The summed E-state index contributed by atoms with van der Waals surface area (Å²) >= 11 is 0. The maximum atomic E-state index is 14.3. The minimum atomic E-state index is -5.61. The van der Waals surface area contributed by atoms with Crippen molar-refractivity contribution >= 4 is 16.1 Å². The summed E-state index contributed by atoms with van der Waals surface area (Å²) in [4.78, 5) is 12.7. The van der Waals surface area contributed by atoms with Crippen molar-refractivity contribution in [3.63, 3.8) is 0 Å². The van der Waals surface area contributed by atoms with E-state index in [9.17, 15) is 27.1 Å². The van der Waals surface area contributed by atoms with E-state index in [0.717, 1.165) is 0 Å². The molecule has 2 heterocycles. The number of hydrogen-bond donors (Lipinski definition) is 2. The average Bonchev–Trinajstić information content (AvgIpc) is 3.70. The van der Waals surface area contributed by atoms with Crippen LogP contribution in [0.1, 0.15) is 50.4 Å². The SMILES string of the molecule is [2H]C([2H])(Oc1ccc(C[C@H](NC(=O)O[C@]2([2H])[C@@H]3CCO[C@@H]3OC2([2H])[2H])[C@H](O)CN(C([2H])([2H])C([2H])(C([2H])([2H])[2H])C([2H])([2H])[2H])S(=O)(=O)c2ccc(OC(F)F)cc2)cc1)c1ccccc1. The van der Waals surface area contributed by atoms with Crippen molar-refractivity contribution < 1.29 is 70.0 Å². The lowest BCUT2D eigenvalue weighted by Crippen LogP contribution is -2.51. The molecule has 2 N–H and O–H groups in total. The molecule has 0 aromatic heterocycles. The summed E-state index contributed by atoms with van der Waals surface area (Å²) in [5, 5.41) is 14.1. The fourth-order valence-electron chi connectivity index (χ4n) is 4.90. The molecule has 0 radical (unpaired) electrons. The number of hydrogen-bond acceptors (Lipinski definition) is 9. The number of aliphatic hydroxyl groups excluding tert-OH is 1. The topological polar surface area (TPSA) is 133 Å². The highest BCUT2D eigenvalue weighted by Gasteiger charge is 2.44. The van der Waals surface area contributed by atoms with Crippen LogP contribution in [0.2, 0.25) is 0 Å². The second-order valence-corrected chi connectivity index (χ2v) is 12.6. The van der Waals surface area contributed by atoms with Crippen LogP contribution in [0.3, 0.4) is 0 Å². The number of rotatable bonds is 16. The molecule has 2 saturated heterocycles. The van der Waals surface area contributed by atoms with Gasteiger partial charge in [-0.15, -0.1) is 0 Å². The van der Waals surface area contributed by atoms with Crippen molar-refractivity contribution in [2.24, 2.45) is 11.8 Å². The first-order valence-electron chi connectivity index (χ1n) is 21.8. The van der Waals surface area contributed by atoms with Crippen LogP contribution < -0.4 is 14.8 Å². The van der Waals surface area contributed by atoms with Gasteiger partial charge in [-0.05, 0) is 66.3 Å². The van der Waals surface area contributed by atoms with Crippen LogP contribution in [0.25, 0.3) is 0 Å². The minimum absolute atomic E-state index is 0.0124. The smallest absolute Gasteiger partial charge is 0.407 e. The van der Waals surface area contributed by atoms with E-state index in [-0.39, 0.29) is 29.9 Å². The lowest BCUT2D eigenvalue weighted by Gasteiger charge is -2.31. The quantitative estimate of drug-likeness (QED) is 0.211. The Morgan fingerprint density at radius 3 is 2.51 bits per heavy atom. The number of nitrogens with zero attached hydrogens (tertiary/aromatic N) is 1. The number of carbonyl (C=O) groups excluding carboxylic acids is 1. The van der Waals surface area contributed by atoms with E-state index in [4.69, 9.17) is 38.1 Å². The summed E-state index contributed by atoms with van der Waals surface area (Å²) in [5.41, 5.74) is 0.341. The van der Waals surface area contributed by atoms with E-state index in [1.807, 2.05) is 0 Å². The predicted molar refractivity (Wildman–Crippen MR) is 175 cm³/mol. The molecular weight excluding hydrogens is 662 g/mol. The van der Waals surface area contributed by atoms with Crippen LogP contribution >= 0.6 is 0 Å². The molecule has 11 nitrogen and oxygen atoms in total. The third kappa shape index (κ3) is 10.1. The molecule has 2 aliphatic rings. The fraction of sp³-hybridized carbons (Fsp3) is 0.457. The Kier molecular flexibility index (Phi) is 7.54. The van der Waals surface area contributed by atoms with Gasteiger partial charge in [0.1, 0.15) is 24.1 Å². The van der Waals surface area contributed by atoms with Crippen LogP contribution in [-0.2, 0) is 37.2 Å². The third-order valence-electron chi connectivity index (χ3n) is 7.29. The zero-order chi connectivity index (χ0) is 47.2. The first-order valence-corrected chi connectivity index (χ1v) is 16.2. The van der Waals surface area contributed by atoms with Gasteiger partial charge in [0.15, 0.2) is 6.29 Å². The van der Waals surface area contributed by atoms with Gasteiger partial charge < -0.3 is 34.1 Å². The van der Waals surface area contributed by atoms with Crippen molar-refractivity contribution in [2.75, 3.05) is 26.2 Å². The first kappa shape index (κ1) is 22.1. The van der Waals surface area contributed by atoms with Gasteiger partial charge in [0.2, 0.25) is 10.0 Å². The third-order valence-corrected chi connectivity index (χ3v) is 8.98. The number of ether oxygens (including phenoxy) is 5. The zero-order valence-corrected chi connectivity index (χ0v) is 26.4. The Bertz CT molecular complexity index is 2160. The van der Waals surface area contributed by atoms with Gasteiger partial charge in [0, 0.05) is 25.4 Å². The number of alkyl carbamates (subject to hydrolysis) is 1. The molecule has 3 aromatic carbocycles. The highest BCUT2D eigenvalue weighted by atomic mass is 32.2. The Balaban J connectivity index is 1.55. The van der Waals surface area contributed by atoms with Crippen LogP contribution in [-0.4, -0.2) is 81.3 Å². The van der Waals surface area contributed by atoms with Crippen LogP contribution in [0, 0.1) is 11.8 Å². The molecule has 0 saturated carbocycles. The largest absolute Gasteiger partial charge is 0.489 e. The number of halogens is 2. The summed E-state index contributed by atoms with van der Waals surface area (Å²) < 4.78 is 195. The second kappa shape index (κ2) is 16.7. The highest BCUT2D eigenvalue weighted by Crippen LogP contribution is 2.33. The van der Waals surface area contributed by atoms with Gasteiger partial charge in [-0.25, -0.2) is 13.2 Å². The second-order valence-electron chi connectivity index (χ2n) is 10.7. The average molecular weight is 719 g/mol. The van der Waals surface area contributed by atoms with E-state index < -0.39 is 120 Å². The molecule has 49 heavy (non-hydrogen) atoms. The molecular formula is C35H42F2N2O9S. The van der Waals surface area contributed by atoms with Crippen molar-refractivity contribution in [1.29, 1.82) is 0 Å². The highest BCUT2D eigenvalue weighted by molar-refractivity contribution is 7.89. The van der Waals surface area contributed by atoms with Gasteiger partial charge in [0.25, 0.3) is 0 Å². The lowest BCUT2D eigenvalue weighted by atomic mass is 10.0. The maximum absolute atomic E-state index is 14.3. The standard InChI is InChI=1S/C35H42F2N2O9S/c1-23(2)19-39(49(42,43)28-14-12-27(13-15-28)47-34(36)37)20-31(40)30(38-35(41)48-32-22-46-33-29(32)16-17-44-33)18-24-8-10-26(11-9-24)45-21-25-6-4-3-5-7-25/h3-15,23,29-34,40H,16-22H2,1-2H3,(H,38,41)/t29-,30-,31+,32-,33+/m0/s1/i1D3,2D3,19D2,21D2,22D2,23D,32D. The number of aliphatic hydroxyl groups is 1. The van der Waals surface area contributed by atoms with Crippen molar-refractivity contribution in [1.82, 2.24) is 9.62 Å². The molecule has 266 valence electrons. The Morgan fingerprint density at radius 2 is 1.82 bits per heavy atom. The first-order chi connectivity index (χ1) is 28.9. The van der Waals surface area contributed by atoms with Gasteiger partial charge in [-0.3, -0.25) is 0 Å². The van der Waals surface area contributed by atoms with Crippen LogP contribution in [0.5, 0.6) is 11.5 Å². The maximum Gasteiger partial charge on any atom is 0.407 e. The van der Waals surface area contributed by atoms with E-state index in [1.54, 1.807) is 18.2 Å². The van der Waals surface area contributed by atoms with Crippen molar-refractivity contribution in [3.8, 4) is 11.5 Å².